The molecule has 0 aliphatic carbocycles. The number of nitrogens with zero attached hydrogens (tertiary/aromatic N) is 4. The van der Waals surface area contributed by atoms with Crippen molar-refractivity contribution < 1.29 is 28.1 Å². The van der Waals surface area contributed by atoms with Gasteiger partial charge in [-0.3, -0.25) is 0 Å². The lowest BCUT2D eigenvalue weighted by Gasteiger charge is -2.17. The van der Waals surface area contributed by atoms with Crippen LogP contribution in [0.15, 0.2) is 83.3 Å². The summed E-state index contributed by atoms with van der Waals surface area (Å²) in [4.78, 5) is 11.1. The fourth-order valence-corrected chi connectivity index (χ4v) is 12.7. The van der Waals surface area contributed by atoms with E-state index in [1.165, 1.54) is 250 Å². The van der Waals surface area contributed by atoms with E-state index in [1.54, 1.807) is 0 Å². The zero-order valence-electron chi connectivity index (χ0n) is 60.3. The van der Waals surface area contributed by atoms with Crippen molar-refractivity contribution in [3.05, 3.63) is 78.9 Å². The Morgan fingerprint density at radius 3 is 0.872 bits per heavy atom. The predicted octanol–water partition coefficient (Wildman–Crippen LogP) is 26.6. The van der Waals surface area contributed by atoms with Crippen LogP contribution in [-0.4, -0.2) is 53.2 Å². The van der Waals surface area contributed by atoms with Crippen LogP contribution in [0.3, 0.4) is 0 Å². The van der Waals surface area contributed by atoms with Crippen LogP contribution in [0.1, 0.15) is 330 Å². The quantitative estimate of drug-likeness (QED) is 0.0342. The number of ether oxygens (including phenoxy) is 5. The first-order chi connectivity index (χ1) is 46.5. The summed E-state index contributed by atoms with van der Waals surface area (Å²) in [6, 6.07) is 26.7. The zero-order valence-corrected chi connectivity index (χ0v) is 60.3. The van der Waals surface area contributed by atoms with Crippen LogP contribution < -0.4 is 23.7 Å². The van der Waals surface area contributed by atoms with E-state index in [2.05, 4.69) is 81.2 Å². The third-order valence-electron chi connectivity index (χ3n) is 18.7. The van der Waals surface area contributed by atoms with Gasteiger partial charge in [-0.25, -0.2) is 9.97 Å². The Hall–Kier alpha value is -5.64. The van der Waals surface area contributed by atoms with Crippen LogP contribution in [0.25, 0.3) is 56.5 Å². The summed E-state index contributed by atoms with van der Waals surface area (Å²) >= 11 is 0. The van der Waals surface area contributed by atoms with Crippen LogP contribution in [-0.2, 0) is 0 Å². The molecule has 0 saturated heterocycles. The molecule has 10 nitrogen and oxygen atoms in total. The number of rotatable bonds is 60. The van der Waals surface area contributed by atoms with Gasteiger partial charge in [0, 0.05) is 22.3 Å². The molecule has 0 unspecified atom stereocenters. The highest BCUT2D eigenvalue weighted by molar-refractivity contribution is 5.89. The fourth-order valence-electron chi connectivity index (χ4n) is 12.7. The molecule has 0 saturated carbocycles. The predicted molar refractivity (Wildman–Crippen MR) is 397 cm³/mol. The average Bonchev–Trinajstić information content (AvgIpc) is 0.937. The van der Waals surface area contributed by atoms with Gasteiger partial charge in [0.05, 0.1) is 55.5 Å². The molecule has 6 rings (SSSR count). The SMILES string of the molecule is CCCCCCCCCCCCOc1ccc(-c2nc3ccc(-c4nnc(-c5ccc(OCCCCCCCC)cc5)o4)cc3nc2-c2ccc(OCCCCCCCCCCCC)c(OCCCCCCCCCCCC)c2)cc1OCCCCCCCCCCCC. The minimum Gasteiger partial charge on any atom is -0.494 e. The summed E-state index contributed by atoms with van der Waals surface area (Å²) in [7, 11) is 0. The Morgan fingerprint density at radius 2 is 0.521 bits per heavy atom. The van der Waals surface area contributed by atoms with Crippen LogP contribution in [0.5, 0.6) is 28.7 Å². The molecule has 0 atom stereocenters. The number of benzene rings is 4. The maximum Gasteiger partial charge on any atom is 0.248 e. The van der Waals surface area contributed by atoms with Gasteiger partial charge in [-0.2, -0.15) is 0 Å². The molecule has 4 aromatic carbocycles. The molecule has 0 aliphatic heterocycles. The smallest absolute Gasteiger partial charge is 0.248 e. The van der Waals surface area contributed by atoms with Crippen molar-refractivity contribution in [1.29, 1.82) is 0 Å². The van der Waals surface area contributed by atoms with Gasteiger partial charge in [0.1, 0.15) is 5.75 Å². The summed E-state index contributed by atoms with van der Waals surface area (Å²) < 4.78 is 39.4. The molecule has 0 spiro atoms. The first-order valence-electron chi connectivity index (χ1n) is 39.2. The Bertz CT molecular complexity index is 2830. The molecule has 0 bridgehead atoms. The second-order valence-electron chi connectivity index (χ2n) is 27.1. The molecule has 6 aromatic rings. The van der Waals surface area contributed by atoms with E-state index in [1.807, 2.05) is 42.5 Å². The van der Waals surface area contributed by atoms with E-state index >= 15 is 0 Å². The second-order valence-corrected chi connectivity index (χ2v) is 27.1. The first-order valence-corrected chi connectivity index (χ1v) is 39.2. The van der Waals surface area contributed by atoms with Gasteiger partial charge in [0.25, 0.3) is 0 Å². The van der Waals surface area contributed by atoms with Gasteiger partial charge in [-0.05, 0) is 111 Å². The van der Waals surface area contributed by atoms with Gasteiger partial charge in [-0.1, -0.05) is 298 Å². The highest BCUT2D eigenvalue weighted by atomic mass is 16.5. The van der Waals surface area contributed by atoms with Crippen molar-refractivity contribution in [1.82, 2.24) is 20.2 Å². The molecule has 0 fully saturated rings. The Labute approximate surface area is 572 Å². The van der Waals surface area contributed by atoms with Crippen molar-refractivity contribution in [3.63, 3.8) is 0 Å². The summed E-state index contributed by atoms with van der Waals surface area (Å²) in [5.74, 6) is 4.76. The lowest BCUT2D eigenvalue weighted by atomic mass is 10.0. The summed E-state index contributed by atoms with van der Waals surface area (Å²) in [5, 5.41) is 9.08. The molecule has 2 aromatic heterocycles. The highest BCUT2D eigenvalue weighted by Gasteiger charge is 2.21. The topological polar surface area (TPSA) is 111 Å². The average molecular weight is 1290 g/mol. The van der Waals surface area contributed by atoms with Gasteiger partial charge >= 0.3 is 0 Å². The number of fused-ring (bicyclic) bond motifs is 1. The summed E-state index contributed by atoms with van der Waals surface area (Å²) in [6.07, 6.45) is 58.5. The van der Waals surface area contributed by atoms with Crippen molar-refractivity contribution in [2.24, 2.45) is 0 Å². The maximum atomic E-state index is 6.80. The van der Waals surface area contributed by atoms with E-state index in [9.17, 15) is 0 Å². The Balaban J connectivity index is 1.27. The second kappa shape index (κ2) is 50.7. The third kappa shape index (κ3) is 31.5. The van der Waals surface area contributed by atoms with E-state index in [0.717, 1.165) is 113 Å². The highest BCUT2D eigenvalue weighted by Crippen LogP contribution is 2.41. The molecular formula is C84H130N4O6. The molecule has 0 radical (unpaired) electrons. The van der Waals surface area contributed by atoms with E-state index in [-0.39, 0.29) is 0 Å². The lowest BCUT2D eigenvalue weighted by Crippen LogP contribution is -2.04. The fraction of sp³-hybridized carbons (Fsp3) is 0.667. The summed E-state index contributed by atoms with van der Waals surface area (Å²) in [6.45, 7) is 14.7. The first kappa shape index (κ1) is 77.4. The minimum atomic E-state index is 0.414. The van der Waals surface area contributed by atoms with Crippen LogP contribution in [0.4, 0.5) is 0 Å². The van der Waals surface area contributed by atoms with Crippen molar-refractivity contribution in [2.45, 2.75) is 330 Å². The van der Waals surface area contributed by atoms with E-state index in [4.69, 9.17) is 38.1 Å². The molecule has 94 heavy (non-hydrogen) atoms. The van der Waals surface area contributed by atoms with Crippen molar-refractivity contribution >= 4 is 11.0 Å². The molecule has 2 heterocycles. The van der Waals surface area contributed by atoms with Gasteiger partial charge in [0.15, 0.2) is 23.0 Å². The molecule has 0 amide bonds. The van der Waals surface area contributed by atoms with Gasteiger partial charge in [0.2, 0.25) is 11.8 Å². The Morgan fingerprint density at radius 1 is 0.245 bits per heavy atom. The number of hydrogen-bond donors (Lipinski definition) is 0. The molecular weight excluding hydrogens is 1160 g/mol. The van der Waals surface area contributed by atoms with Gasteiger partial charge in [-0.15, -0.1) is 10.2 Å². The minimum absolute atomic E-state index is 0.414. The van der Waals surface area contributed by atoms with E-state index in [0.29, 0.717) is 50.3 Å². The molecule has 522 valence electrons. The molecule has 0 aliphatic rings. The molecule has 10 heteroatoms. The summed E-state index contributed by atoms with van der Waals surface area (Å²) in [5.41, 5.74) is 6.36. The maximum absolute atomic E-state index is 6.80. The van der Waals surface area contributed by atoms with Gasteiger partial charge < -0.3 is 28.1 Å². The largest absolute Gasteiger partial charge is 0.494 e. The van der Waals surface area contributed by atoms with Crippen LogP contribution in [0.2, 0.25) is 0 Å². The van der Waals surface area contributed by atoms with E-state index < -0.39 is 0 Å². The standard InChI is InChI=1S/C84H130N4O6/c1-6-11-16-21-26-30-34-38-43-48-63-90-77-60-55-71(68-79(77)92-65-50-45-40-36-32-28-23-18-13-8-3)81-82(86-76-67-73(54-59-75(76)85-81)84-88-87-83(94-84)70-52-57-74(58-53-70)89-62-47-42-25-20-15-10-5)72-56-61-78(91-64-49-44-39-35-31-27-22-17-12-7-2)80(69-72)93-66-51-46-41-37-33-29-24-19-14-9-4/h52-61,67-69H,6-51,62-66H2,1-5H3. The number of unbranched alkanes of at least 4 members (excludes halogenated alkanes) is 41. The van der Waals surface area contributed by atoms with Crippen molar-refractivity contribution in [2.75, 3.05) is 33.0 Å². The Kier molecular flexibility index (Phi) is 41.7. The number of aromatic nitrogens is 4. The van der Waals surface area contributed by atoms with Crippen LogP contribution in [0, 0.1) is 0 Å². The lowest BCUT2D eigenvalue weighted by molar-refractivity contribution is 0.258. The normalized spacial score (nSPS) is 11.5. The zero-order chi connectivity index (χ0) is 66.0. The third-order valence-corrected chi connectivity index (χ3v) is 18.7. The molecule has 0 N–H and O–H groups in total. The number of hydrogen-bond acceptors (Lipinski definition) is 10. The van der Waals surface area contributed by atoms with Crippen molar-refractivity contribution in [3.8, 4) is 74.2 Å². The van der Waals surface area contributed by atoms with Crippen LogP contribution >= 0.6 is 0 Å². The monoisotopic (exact) mass is 1290 g/mol.